The summed E-state index contributed by atoms with van der Waals surface area (Å²) in [7, 11) is 0. The van der Waals surface area contributed by atoms with Gasteiger partial charge in [-0.2, -0.15) is 5.26 Å². The quantitative estimate of drug-likeness (QED) is 0.234. The number of benzene rings is 3. The van der Waals surface area contributed by atoms with E-state index in [9.17, 15) is 10.1 Å². The Morgan fingerprint density at radius 3 is 2.75 bits per heavy atom. The molecule has 2 N–H and O–H groups in total. The molecule has 1 aliphatic rings. The van der Waals surface area contributed by atoms with Gasteiger partial charge < -0.3 is 19.9 Å². The Morgan fingerprint density at radius 2 is 1.97 bits per heavy atom. The van der Waals surface area contributed by atoms with E-state index < -0.39 is 11.9 Å². The van der Waals surface area contributed by atoms with Gasteiger partial charge in [0.1, 0.15) is 33.8 Å². The first-order chi connectivity index (χ1) is 17.4. The molecular weight excluding hydrogens is 496 g/mol. The Kier molecular flexibility index (Phi) is 6.31. The van der Waals surface area contributed by atoms with Gasteiger partial charge in [-0.25, -0.2) is 4.79 Å². The lowest BCUT2D eigenvalue weighted by Gasteiger charge is -2.27. The van der Waals surface area contributed by atoms with E-state index in [2.05, 4.69) is 6.07 Å². The molecule has 1 atom stereocenters. The third-order valence-corrected chi connectivity index (χ3v) is 7.54. The van der Waals surface area contributed by atoms with Crippen molar-refractivity contribution in [1.29, 1.82) is 5.26 Å². The standard InChI is InChI=1S/C28H21ClN2O4S/c1-3-33-21-7-5-4-6-17(21)24-18-11-9-16(13-22(18)35-27(31)20(24)14-30)34-28(32)26-25(29)19-10-8-15(2)12-23(19)36-26/h4-13,24H,3,31H2,1-2H3. The van der Waals surface area contributed by atoms with Crippen molar-refractivity contribution in [2.45, 2.75) is 19.8 Å². The third-order valence-electron chi connectivity index (χ3n) is 5.90. The minimum absolute atomic E-state index is 0.00676. The summed E-state index contributed by atoms with van der Waals surface area (Å²) in [4.78, 5) is 13.3. The van der Waals surface area contributed by atoms with Crippen molar-refractivity contribution in [2.75, 3.05) is 6.61 Å². The van der Waals surface area contributed by atoms with Gasteiger partial charge in [0.25, 0.3) is 0 Å². The number of para-hydroxylation sites is 1. The summed E-state index contributed by atoms with van der Waals surface area (Å²) < 4.78 is 18.2. The van der Waals surface area contributed by atoms with Crippen LogP contribution in [-0.2, 0) is 0 Å². The highest BCUT2D eigenvalue weighted by Crippen LogP contribution is 2.46. The second kappa shape index (κ2) is 9.57. The molecule has 36 heavy (non-hydrogen) atoms. The normalized spacial score (nSPS) is 14.7. The van der Waals surface area contributed by atoms with Crippen LogP contribution in [0.1, 0.15) is 39.2 Å². The van der Waals surface area contributed by atoms with Gasteiger partial charge in [0.05, 0.1) is 17.5 Å². The van der Waals surface area contributed by atoms with E-state index >= 15 is 0 Å². The Balaban J connectivity index is 1.51. The number of hydrogen-bond donors (Lipinski definition) is 1. The van der Waals surface area contributed by atoms with E-state index in [0.717, 1.165) is 21.2 Å². The Hall–Kier alpha value is -3.99. The van der Waals surface area contributed by atoms with E-state index in [-0.39, 0.29) is 17.2 Å². The van der Waals surface area contributed by atoms with Gasteiger partial charge in [-0.15, -0.1) is 11.3 Å². The number of hydrogen-bond acceptors (Lipinski definition) is 7. The van der Waals surface area contributed by atoms with Crippen molar-refractivity contribution in [1.82, 2.24) is 0 Å². The van der Waals surface area contributed by atoms with E-state index in [4.69, 9.17) is 31.5 Å². The molecular formula is C28H21ClN2O4S. The number of carbonyl (C=O) groups is 1. The van der Waals surface area contributed by atoms with Crippen molar-refractivity contribution in [2.24, 2.45) is 5.73 Å². The zero-order chi connectivity index (χ0) is 25.4. The van der Waals surface area contributed by atoms with Crippen LogP contribution in [0.4, 0.5) is 0 Å². The lowest BCUT2D eigenvalue weighted by Crippen LogP contribution is -2.21. The van der Waals surface area contributed by atoms with E-state index in [1.165, 1.54) is 11.3 Å². The van der Waals surface area contributed by atoms with Crippen LogP contribution in [0.5, 0.6) is 17.2 Å². The summed E-state index contributed by atoms with van der Waals surface area (Å²) >= 11 is 7.77. The second-order valence-electron chi connectivity index (χ2n) is 8.23. The number of nitrogens with two attached hydrogens (primary N) is 1. The SMILES string of the molecule is CCOc1ccccc1C1C(C#N)=C(N)Oc2cc(OC(=O)c3sc4cc(C)ccc4c3Cl)ccc21. The summed E-state index contributed by atoms with van der Waals surface area (Å²) in [5.41, 5.74) is 9.01. The summed E-state index contributed by atoms with van der Waals surface area (Å²) in [5.74, 6) is 0.261. The molecule has 6 nitrogen and oxygen atoms in total. The maximum atomic E-state index is 13.0. The number of fused-ring (bicyclic) bond motifs is 2. The lowest BCUT2D eigenvalue weighted by atomic mass is 9.83. The Bertz CT molecular complexity index is 1580. The molecule has 4 aromatic rings. The van der Waals surface area contributed by atoms with Crippen LogP contribution in [0.15, 0.2) is 72.1 Å². The first-order valence-electron chi connectivity index (χ1n) is 11.2. The number of aryl methyl sites for hydroxylation is 1. The number of allylic oxidation sites excluding steroid dienone is 1. The first kappa shape index (κ1) is 23.7. The molecule has 3 aromatic carbocycles. The molecule has 1 aromatic heterocycles. The molecule has 0 aliphatic carbocycles. The van der Waals surface area contributed by atoms with E-state index in [1.807, 2.05) is 56.3 Å². The molecule has 1 aliphatic heterocycles. The average molecular weight is 517 g/mol. The van der Waals surface area contributed by atoms with Crippen LogP contribution < -0.4 is 19.9 Å². The molecule has 1 unspecified atom stereocenters. The number of rotatable bonds is 5. The molecule has 180 valence electrons. The van der Waals surface area contributed by atoms with Gasteiger partial charge in [-0.1, -0.05) is 48.0 Å². The fourth-order valence-corrected chi connectivity index (χ4v) is 5.77. The van der Waals surface area contributed by atoms with Crippen molar-refractivity contribution < 1.29 is 19.0 Å². The van der Waals surface area contributed by atoms with Crippen LogP contribution in [0.25, 0.3) is 10.1 Å². The van der Waals surface area contributed by atoms with Crippen molar-refractivity contribution in [3.63, 3.8) is 0 Å². The van der Waals surface area contributed by atoms with Crippen LogP contribution in [0.2, 0.25) is 5.02 Å². The highest BCUT2D eigenvalue weighted by atomic mass is 35.5. The average Bonchev–Trinajstić information content (AvgIpc) is 3.19. The maximum Gasteiger partial charge on any atom is 0.355 e. The van der Waals surface area contributed by atoms with Gasteiger partial charge in [0.15, 0.2) is 0 Å². The van der Waals surface area contributed by atoms with E-state index in [0.29, 0.717) is 33.6 Å². The number of thiophene rings is 1. The minimum Gasteiger partial charge on any atom is -0.494 e. The predicted molar refractivity (Wildman–Crippen MR) is 140 cm³/mol. The summed E-state index contributed by atoms with van der Waals surface area (Å²) in [6.45, 7) is 4.35. The summed E-state index contributed by atoms with van der Waals surface area (Å²) in [6, 6.07) is 20.5. The van der Waals surface area contributed by atoms with Crippen molar-refractivity contribution in [3.8, 4) is 23.3 Å². The molecule has 8 heteroatoms. The van der Waals surface area contributed by atoms with Crippen LogP contribution in [0, 0.1) is 18.3 Å². The molecule has 5 rings (SSSR count). The Morgan fingerprint density at radius 1 is 1.17 bits per heavy atom. The molecule has 0 amide bonds. The molecule has 0 saturated heterocycles. The smallest absolute Gasteiger partial charge is 0.355 e. The van der Waals surface area contributed by atoms with E-state index in [1.54, 1.807) is 18.2 Å². The summed E-state index contributed by atoms with van der Waals surface area (Å²) in [5, 5.41) is 11.0. The van der Waals surface area contributed by atoms with Crippen molar-refractivity contribution in [3.05, 3.63) is 98.7 Å². The fraction of sp³-hybridized carbons (Fsp3) is 0.143. The number of nitriles is 1. The van der Waals surface area contributed by atoms with Gasteiger partial charge >= 0.3 is 5.97 Å². The highest BCUT2D eigenvalue weighted by Gasteiger charge is 2.33. The van der Waals surface area contributed by atoms with Crippen LogP contribution in [0.3, 0.4) is 0 Å². The topological polar surface area (TPSA) is 94.6 Å². The second-order valence-corrected chi connectivity index (χ2v) is 9.66. The predicted octanol–water partition coefficient (Wildman–Crippen LogP) is 6.70. The number of ether oxygens (including phenoxy) is 3. The molecule has 0 saturated carbocycles. The third kappa shape index (κ3) is 4.15. The largest absolute Gasteiger partial charge is 0.494 e. The first-order valence-corrected chi connectivity index (χ1v) is 12.4. The number of nitrogens with zero attached hydrogens (tertiary/aromatic N) is 1. The van der Waals surface area contributed by atoms with Crippen LogP contribution >= 0.6 is 22.9 Å². The van der Waals surface area contributed by atoms with Crippen LogP contribution in [-0.4, -0.2) is 12.6 Å². The fourth-order valence-electron chi connectivity index (χ4n) is 4.28. The van der Waals surface area contributed by atoms with Gasteiger partial charge in [0, 0.05) is 27.3 Å². The molecule has 0 radical (unpaired) electrons. The van der Waals surface area contributed by atoms with Gasteiger partial charge in [0.2, 0.25) is 5.88 Å². The van der Waals surface area contributed by atoms with Crippen molar-refractivity contribution >= 4 is 39.0 Å². The summed E-state index contributed by atoms with van der Waals surface area (Å²) in [6.07, 6.45) is 0. The zero-order valence-electron chi connectivity index (χ0n) is 19.5. The van der Waals surface area contributed by atoms with Gasteiger partial charge in [-0.05, 0) is 37.6 Å². The minimum atomic E-state index is -0.561. The number of carbonyl (C=O) groups excluding carboxylic acids is 1. The lowest BCUT2D eigenvalue weighted by molar-refractivity contribution is 0.0740. The number of esters is 1. The Labute approximate surface area is 217 Å². The molecule has 0 bridgehead atoms. The number of halogens is 1. The zero-order valence-corrected chi connectivity index (χ0v) is 21.1. The van der Waals surface area contributed by atoms with Gasteiger partial charge in [-0.3, -0.25) is 0 Å². The molecule has 0 fully saturated rings. The highest BCUT2D eigenvalue weighted by molar-refractivity contribution is 7.21. The maximum absolute atomic E-state index is 13.0. The molecule has 0 spiro atoms. The molecule has 2 heterocycles. The monoisotopic (exact) mass is 516 g/mol.